The summed E-state index contributed by atoms with van der Waals surface area (Å²) in [5, 5.41) is 13.9. The molecule has 0 aliphatic carbocycles. The molecule has 0 heterocycles. The van der Waals surface area contributed by atoms with E-state index in [1.807, 2.05) is 6.92 Å². The molecule has 2 amide bonds. The monoisotopic (exact) mass is 278 g/mol. The van der Waals surface area contributed by atoms with Gasteiger partial charge in [-0.2, -0.15) is 0 Å². The van der Waals surface area contributed by atoms with E-state index in [0.29, 0.717) is 5.56 Å². The van der Waals surface area contributed by atoms with E-state index in [-0.39, 0.29) is 18.7 Å². The van der Waals surface area contributed by atoms with Crippen molar-refractivity contribution in [3.8, 4) is 0 Å². The Balaban J connectivity index is 2.65. The molecule has 6 nitrogen and oxygen atoms in total. The summed E-state index contributed by atoms with van der Waals surface area (Å²) >= 11 is 0. The van der Waals surface area contributed by atoms with Crippen LogP contribution in [-0.4, -0.2) is 36.0 Å². The number of rotatable bonds is 6. The van der Waals surface area contributed by atoms with Gasteiger partial charge in [-0.05, 0) is 25.5 Å². The molecule has 0 radical (unpaired) electrons. The number of aryl methyl sites for hydroxylation is 1. The molecule has 1 aromatic carbocycles. The van der Waals surface area contributed by atoms with Gasteiger partial charge in [0, 0.05) is 19.0 Å². The van der Waals surface area contributed by atoms with E-state index < -0.39 is 17.9 Å². The summed E-state index contributed by atoms with van der Waals surface area (Å²) in [5.74, 6) is -1.88. The van der Waals surface area contributed by atoms with Crippen LogP contribution in [0.15, 0.2) is 24.3 Å². The normalized spacial score (nSPS) is 11.5. The fourth-order valence-electron chi connectivity index (χ4n) is 1.60. The molecule has 0 aliphatic heterocycles. The summed E-state index contributed by atoms with van der Waals surface area (Å²) in [4.78, 5) is 34.1. The van der Waals surface area contributed by atoms with Crippen LogP contribution in [0.4, 0.5) is 0 Å². The van der Waals surface area contributed by atoms with Crippen molar-refractivity contribution in [2.75, 3.05) is 7.05 Å². The van der Waals surface area contributed by atoms with Crippen molar-refractivity contribution >= 4 is 17.8 Å². The second kappa shape index (κ2) is 7.28. The molecule has 20 heavy (non-hydrogen) atoms. The van der Waals surface area contributed by atoms with Gasteiger partial charge in [0.2, 0.25) is 5.91 Å². The van der Waals surface area contributed by atoms with Crippen LogP contribution in [-0.2, 0) is 9.59 Å². The Morgan fingerprint density at radius 2 is 1.80 bits per heavy atom. The van der Waals surface area contributed by atoms with Crippen molar-refractivity contribution in [2.45, 2.75) is 25.8 Å². The topological polar surface area (TPSA) is 95.5 Å². The molecule has 1 aromatic rings. The number of carbonyl (C=O) groups is 3. The SMILES string of the molecule is CNC(=O)CC[C@H](NC(=O)c1ccc(C)cc1)C(=O)O. The van der Waals surface area contributed by atoms with Gasteiger partial charge in [0.15, 0.2) is 0 Å². The number of carbonyl (C=O) groups excluding carboxylic acids is 2. The van der Waals surface area contributed by atoms with Gasteiger partial charge in [-0.25, -0.2) is 4.79 Å². The molecular weight excluding hydrogens is 260 g/mol. The zero-order valence-corrected chi connectivity index (χ0v) is 11.5. The van der Waals surface area contributed by atoms with Crippen LogP contribution >= 0.6 is 0 Å². The minimum absolute atomic E-state index is 0.0433. The van der Waals surface area contributed by atoms with Gasteiger partial charge >= 0.3 is 5.97 Å². The highest BCUT2D eigenvalue weighted by Crippen LogP contribution is 2.05. The summed E-state index contributed by atoms with van der Waals surface area (Å²) in [6.45, 7) is 1.89. The van der Waals surface area contributed by atoms with Crippen LogP contribution in [0, 0.1) is 6.92 Å². The van der Waals surface area contributed by atoms with E-state index in [4.69, 9.17) is 5.11 Å². The third-order valence-corrected chi connectivity index (χ3v) is 2.86. The highest BCUT2D eigenvalue weighted by molar-refractivity contribution is 5.96. The fourth-order valence-corrected chi connectivity index (χ4v) is 1.60. The van der Waals surface area contributed by atoms with E-state index in [1.165, 1.54) is 7.05 Å². The number of carboxylic acid groups (broad SMARTS) is 1. The van der Waals surface area contributed by atoms with Crippen molar-refractivity contribution in [1.82, 2.24) is 10.6 Å². The first kappa shape index (κ1) is 15.7. The molecule has 1 atom stereocenters. The Morgan fingerprint density at radius 3 is 2.30 bits per heavy atom. The minimum atomic E-state index is -1.16. The number of benzene rings is 1. The second-order valence-corrected chi connectivity index (χ2v) is 4.44. The lowest BCUT2D eigenvalue weighted by molar-refractivity contribution is -0.139. The lowest BCUT2D eigenvalue weighted by Crippen LogP contribution is -2.41. The van der Waals surface area contributed by atoms with Crippen molar-refractivity contribution in [1.29, 1.82) is 0 Å². The van der Waals surface area contributed by atoms with Crippen LogP contribution < -0.4 is 10.6 Å². The van der Waals surface area contributed by atoms with Gasteiger partial charge in [-0.3, -0.25) is 9.59 Å². The summed E-state index contributed by atoms with van der Waals surface area (Å²) in [6.07, 6.45) is 0.0915. The maximum atomic E-state index is 11.9. The molecule has 0 fully saturated rings. The van der Waals surface area contributed by atoms with E-state index in [9.17, 15) is 14.4 Å². The lowest BCUT2D eigenvalue weighted by atomic mass is 10.1. The van der Waals surface area contributed by atoms with Crippen molar-refractivity contribution in [2.24, 2.45) is 0 Å². The third-order valence-electron chi connectivity index (χ3n) is 2.86. The molecule has 0 bridgehead atoms. The molecule has 108 valence electrons. The van der Waals surface area contributed by atoms with Gasteiger partial charge in [0.05, 0.1) is 0 Å². The number of hydrogen-bond donors (Lipinski definition) is 3. The number of amides is 2. The Hall–Kier alpha value is -2.37. The molecule has 3 N–H and O–H groups in total. The van der Waals surface area contributed by atoms with Crippen LogP contribution in [0.25, 0.3) is 0 Å². The maximum Gasteiger partial charge on any atom is 0.326 e. The number of carboxylic acids is 1. The first-order chi connectivity index (χ1) is 9.43. The molecule has 0 saturated heterocycles. The Labute approximate surface area is 117 Å². The molecule has 6 heteroatoms. The number of nitrogens with one attached hydrogen (secondary N) is 2. The first-order valence-electron chi connectivity index (χ1n) is 6.25. The van der Waals surface area contributed by atoms with E-state index in [2.05, 4.69) is 10.6 Å². The predicted octanol–water partition coefficient (Wildman–Crippen LogP) is 0.704. The molecule has 0 saturated carbocycles. The van der Waals surface area contributed by atoms with Gasteiger partial charge in [-0.1, -0.05) is 17.7 Å². The summed E-state index contributed by atoms with van der Waals surface area (Å²) in [7, 11) is 1.48. The molecule has 0 spiro atoms. The first-order valence-corrected chi connectivity index (χ1v) is 6.25. The van der Waals surface area contributed by atoms with Gasteiger partial charge in [0.25, 0.3) is 5.91 Å². The molecule has 0 aromatic heterocycles. The lowest BCUT2D eigenvalue weighted by Gasteiger charge is -2.14. The van der Waals surface area contributed by atoms with E-state index in [0.717, 1.165) is 5.56 Å². The standard InChI is InChI=1S/C14H18N2O4/c1-9-3-5-10(6-4-9)13(18)16-11(14(19)20)7-8-12(17)15-2/h3-6,11H,7-8H2,1-2H3,(H,15,17)(H,16,18)(H,19,20)/t11-/m0/s1. The number of hydrogen-bond acceptors (Lipinski definition) is 3. The molecule has 0 aliphatic rings. The second-order valence-electron chi connectivity index (χ2n) is 4.44. The van der Waals surface area contributed by atoms with Crippen molar-refractivity contribution in [3.05, 3.63) is 35.4 Å². The average molecular weight is 278 g/mol. The van der Waals surface area contributed by atoms with Crippen LogP contribution in [0.5, 0.6) is 0 Å². The Bertz CT molecular complexity index is 496. The zero-order valence-electron chi connectivity index (χ0n) is 11.5. The summed E-state index contributed by atoms with van der Waals surface area (Å²) in [6, 6.07) is 5.72. The van der Waals surface area contributed by atoms with Gasteiger partial charge in [0.1, 0.15) is 6.04 Å². The quantitative estimate of drug-likeness (QED) is 0.714. The van der Waals surface area contributed by atoms with Crippen molar-refractivity contribution < 1.29 is 19.5 Å². The largest absolute Gasteiger partial charge is 0.480 e. The van der Waals surface area contributed by atoms with Crippen LogP contribution in [0.2, 0.25) is 0 Å². The van der Waals surface area contributed by atoms with E-state index in [1.54, 1.807) is 24.3 Å². The summed E-state index contributed by atoms with van der Waals surface area (Å²) in [5.41, 5.74) is 1.40. The number of aliphatic carboxylic acids is 1. The average Bonchev–Trinajstić information content (AvgIpc) is 2.43. The Kier molecular flexibility index (Phi) is 5.71. The molecular formula is C14H18N2O4. The van der Waals surface area contributed by atoms with E-state index >= 15 is 0 Å². The van der Waals surface area contributed by atoms with Crippen LogP contribution in [0.3, 0.4) is 0 Å². The smallest absolute Gasteiger partial charge is 0.326 e. The third kappa shape index (κ3) is 4.72. The Morgan fingerprint density at radius 1 is 1.20 bits per heavy atom. The zero-order chi connectivity index (χ0) is 15.1. The van der Waals surface area contributed by atoms with Crippen LogP contribution in [0.1, 0.15) is 28.8 Å². The van der Waals surface area contributed by atoms with Gasteiger partial charge in [-0.15, -0.1) is 0 Å². The minimum Gasteiger partial charge on any atom is -0.480 e. The molecule has 0 unspecified atom stereocenters. The van der Waals surface area contributed by atoms with Gasteiger partial charge < -0.3 is 15.7 Å². The maximum absolute atomic E-state index is 11.9. The predicted molar refractivity (Wildman–Crippen MR) is 73.4 cm³/mol. The fraction of sp³-hybridized carbons (Fsp3) is 0.357. The highest BCUT2D eigenvalue weighted by Gasteiger charge is 2.21. The summed E-state index contributed by atoms with van der Waals surface area (Å²) < 4.78 is 0. The van der Waals surface area contributed by atoms with Crippen molar-refractivity contribution in [3.63, 3.8) is 0 Å². The highest BCUT2D eigenvalue weighted by atomic mass is 16.4. The molecule has 1 rings (SSSR count).